The van der Waals surface area contributed by atoms with Crippen LogP contribution in [0.5, 0.6) is 40.2 Å². The van der Waals surface area contributed by atoms with E-state index in [1.54, 1.807) is 12.1 Å². The number of aromatic hydroxyl groups is 1. The zero-order valence-electron chi connectivity index (χ0n) is 34.1. The molecule has 0 saturated carbocycles. The molecule has 2 saturated heterocycles. The van der Waals surface area contributed by atoms with Crippen LogP contribution in [-0.2, 0) is 37.5 Å². The first kappa shape index (κ1) is 39.7. The van der Waals surface area contributed by atoms with Gasteiger partial charge in [-0.2, -0.15) is 0 Å². The van der Waals surface area contributed by atoms with Crippen LogP contribution in [0.1, 0.15) is 88.5 Å². The van der Waals surface area contributed by atoms with Crippen molar-refractivity contribution in [1.82, 2.24) is 15.1 Å². The minimum atomic E-state index is -1.40. The first-order chi connectivity index (χ1) is 28.3. The maximum absolute atomic E-state index is 14.9. The van der Waals surface area contributed by atoms with Crippen molar-refractivity contribution in [2.24, 2.45) is 0 Å². The van der Waals surface area contributed by atoms with Crippen LogP contribution < -0.4 is 33.7 Å². The third kappa shape index (κ3) is 5.88. The van der Waals surface area contributed by atoms with Gasteiger partial charge in [0.1, 0.15) is 18.6 Å². The lowest BCUT2D eigenvalue weighted by Gasteiger charge is -2.62. The highest BCUT2D eigenvalue weighted by molar-refractivity contribution is 7.99. The van der Waals surface area contributed by atoms with Crippen molar-refractivity contribution >= 4 is 29.7 Å². The third-order valence-electron chi connectivity index (χ3n) is 12.9. The van der Waals surface area contributed by atoms with Crippen LogP contribution in [0.15, 0.2) is 18.2 Å². The molecule has 0 aromatic heterocycles. The van der Waals surface area contributed by atoms with E-state index >= 15 is 0 Å². The Labute approximate surface area is 346 Å². The Bertz CT molecular complexity index is 2280. The lowest BCUT2D eigenvalue weighted by Crippen LogP contribution is -2.70. The van der Waals surface area contributed by atoms with E-state index in [4.69, 9.17) is 33.2 Å². The van der Waals surface area contributed by atoms with E-state index in [1.165, 1.54) is 32.9 Å². The van der Waals surface area contributed by atoms with Crippen LogP contribution in [0.3, 0.4) is 0 Å². The number of methoxy groups -OCH3 is 2. The van der Waals surface area contributed by atoms with Crippen LogP contribution in [0.2, 0.25) is 0 Å². The molecule has 3 N–H and O–H groups in total. The predicted octanol–water partition coefficient (Wildman–Crippen LogP) is 4.41. The largest absolute Gasteiger partial charge is 0.504 e. The minimum absolute atomic E-state index is 0.0303. The summed E-state index contributed by atoms with van der Waals surface area (Å²) in [7, 11) is 4.98. The molecular weight excluding hydrogens is 783 g/mol. The monoisotopic (exact) mass is 831 g/mol. The number of ether oxygens (including phenoxy) is 7. The number of rotatable bonds is 6. The summed E-state index contributed by atoms with van der Waals surface area (Å²) in [6.45, 7) is 7.10. The van der Waals surface area contributed by atoms with E-state index in [-0.39, 0.29) is 43.0 Å². The molecule has 3 aromatic carbocycles. The summed E-state index contributed by atoms with van der Waals surface area (Å²) in [6.07, 6.45) is 0.787. The summed E-state index contributed by atoms with van der Waals surface area (Å²) in [6, 6.07) is 3.24. The summed E-state index contributed by atoms with van der Waals surface area (Å²) in [5.41, 5.74) is 4.26. The van der Waals surface area contributed by atoms with E-state index in [2.05, 4.69) is 10.2 Å². The molecule has 314 valence electrons. The summed E-state index contributed by atoms with van der Waals surface area (Å²) in [4.78, 5) is 44.7. The predicted molar refractivity (Wildman–Crippen MR) is 213 cm³/mol. The minimum Gasteiger partial charge on any atom is -0.504 e. The van der Waals surface area contributed by atoms with Gasteiger partial charge in [-0.05, 0) is 74.5 Å². The van der Waals surface area contributed by atoms with Gasteiger partial charge >= 0.3 is 17.9 Å². The SMILES string of the molecule is CCCC(=O)Oc1cc2c(cc1OC)[C@@]1(CS[C@@H]3c4c(OC(C)=O)c(C)c5c(c4[C@H](COC1=O)N1C3[C@H]3c4c(cc(C)c(OC)c4O)C[C@H]([C@@H]1O)N3C)OCO5)NCC2. The summed E-state index contributed by atoms with van der Waals surface area (Å²) >= 11 is 1.46. The number of thioether (sulfide) groups is 1. The Hall–Kier alpha value is -4.74. The quantitative estimate of drug-likeness (QED) is 0.235. The Morgan fingerprint density at radius 2 is 1.78 bits per heavy atom. The lowest BCUT2D eigenvalue weighted by atomic mass is 9.73. The number of fused-ring (bicyclic) bond motifs is 9. The van der Waals surface area contributed by atoms with Gasteiger partial charge in [-0.25, -0.2) is 4.79 Å². The molecule has 7 aliphatic heterocycles. The Morgan fingerprint density at radius 3 is 2.51 bits per heavy atom. The molecule has 16 heteroatoms. The van der Waals surface area contributed by atoms with Crippen molar-refractivity contribution < 1.29 is 57.8 Å². The van der Waals surface area contributed by atoms with Gasteiger partial charge in [0.05, 0.1) is 37.6 Å². The third-order valence-corrected chi connectivity index (χ3v) is 14.4. The molecule has 1 spiro atoms. The van der Waals surface area contributed by atoms with Crippen molar-refractivity contribution in [2.75, 3.05) is 47.0 Å². The van der Waals surface area contributed by atoms with Gasteiger partial charge in [-0.1, -0.05) is 13.0 Å². The molecule has 4 bridgehead atoms. The maximum atomic E-state index is 14.9. The van der Waals surface area contributed by atoms with Gasteiger partial charge in [0, 0.05) is 53.9 Å². The zero-order chi connectivity index (χ0) is 41.7. The van der Waals surface area contributed by atoms with E-state index in [9.17, 15) is 24.6 Å². The summed E-state index contributed by atoms with van der Waals surface area (Å²) in [5, 5.41) is 27.6. The fourth-order valence-corrected chi connectivity index (χ4v) is 12.1. The van der Waals surface area contributed by atoms with Gasteiger partial charge < -0.3 is 43.4 Å². The molecule has 7 aliphatic rings. The molecule has 0 amide bonds. The lowest BCUT2D eigenvalue weighted by molar-refractivity contribution is -0.186. The van der Waals surface area contributed by atoms with Crippen molar-refractivity contribution in [2.45, 2.75) is 94.6 Å². The first-order valence-electron chi connectivity index (χ1n) is 20.0. The average molecular weight is 832 g/mol. The van der Waals surface area contributed by atoms with Crippen molar-refractivity contribution in [1.29, 1.82) is 0 Å². The molecule has 7 heterocycles. The molecule has 0 aliphatic carbocycles. The van der Waals surface area contributed by atoms with Gasteiger partial charge in [-0.3, -0.25) is 24.7 Å². The number of carbonyl (C=O) groups excluding carboxylic acids is 3. The number of carbonyl (C=O) groups is 3. The Balaban J connectivity index is 1.27. The number of phenolic OH excluding ortho intramolecular Hbond substituents is 1. The average Bonchev–Trinajstić information content (AvgIpc) is 3.70. The molecule has 59 heavy (non-hydrogen) atoms. The number of likely N-dealkylation sites (N-methyl/N-ethyl adjacent to an activating group) is 1. The Kier molecular flexibility index (Phi) is 9.94. The van der Waals surface area contributed by atoms with Crippen molar-refractivity contribution in [3.05, 3.63) is 62.7 Å². The molecule has 0 radical (unpaired) electrons. The fraction of sp³-hybridized carbons (Fsp3) is 0.512. The summed E-state index contributed by atoms with van der Waals surface area (Å²) in [5.74, 6) is 0.844. The normalized spacial score (nSPS) is 27.8. The molecule has 1 unspecified atom stereocenters. The second kappa shape index (κ2) is 14.8. The van der Waals surface area contributed by atoms with Gasteiger partial charge in [-0.15, -0.1) is 11.8 Å². The molecule has 15 nitrogen and oxygen atoms in total. The van der Waals surface area contributed by atoms with Crippen LogP contribution >= 0.6 is 11.8 Å². The molecular formula is C43H49N3O12S. The second-order valence-electron chi connectivity index (χ2n) is 16.1. The standard InChI is InChI=1S/C43H49N3O12S/c1-8-9-29(48)58-28-14-22-10-11-44-43(24(22)15-27(28)52-6)17-59-40-32-31(39-38(55-18-56-39)20(3)37(32)57-21(4)47)26(16-54-42(43)51)46-34(40)33-30-23(13-25(41(46)50)45(33)5)12-19(2)36(53-7)35(30)49/h12,14-15,25-26,33-34,40-41,44,49-50H,8-11,13,16-18H2,1-7H3/t25-,26+,33-,34?,40-,41+,43-/m1/s1. The van der Waals surface area contributed by atoms with Crippen LogP contribution in [0, 0.1) is 13.8 Å². The number of hydrogen-bond donors (Lipinski definition) is 3. The van der Waals surface area contributed by atoms with Gasteiger partial charge in [0.25, 0.3) is 0 Å². The molecule has 7 atom stereocenters. The van der Waals surface area contributed by atoms with Crippen molar-refractivity contribution in [3.8, 4) is 40.2 Å². The second-order valence-corrected chi connectivity index (χ2v) is 17.3. The highest BCUT2D eigenvalue weighted by Crippen LogP contribution is 2.64. The first-order valence-corrected chi connectivity index (χ1v) is 21.1. The number of nitrogens with zero attached hydrogens (tertiary/aromatic N) is 2. The number of aryl methyl sites for hydroxylation is 1. The number of phenols is 1. The summed E-state index contributed by atoms with van der Waals surface area (Å²) < 4.78 is 42.1. The number of nitrogens with one attached hydrogen (secondary N) is 1. The number of aliphatic hydroxyl groups is 1. The number of hydrogen-bond acceptors (Lipinski definition) is 16. The Morgan fingerprint density at radius 1 is 1.00 bits per heavy atom. The number of aliphatic hydroxyl groups excluding tert-OH is 1. The van der Waals surface area contributed by atoms with Crippen LogP contribution in [0.4, 0.5) is 0 Å². The van der Waals surface area contributed by atoms with E-state index in [0.29, 0.717) is 82.4 Å². The van der Waals surface area contributed by atoms with E-state index in [1.807, 2.05) is 38.8 Å². The number of benzene rings is 3. The maximum Gasteiger partial charge on any atom is 0.331 e. The van der Waals surface area contributed by atoms with Crippen LogP contribution in [-0.4, -0.2) is 103 Å². The number of piperazine rings is 1. The fourth-order valence-electron chi connectivity index (χ4n) is 10.4. The molecule has 3 aromatic rings. The zero-order valence-corrected chi connectivity index (χ0v) is 34.9. The van der Waals surface area contributed by atoms with Gasteiger partial charge in [0.15, 0.2) is 40.0 Å². The van der Waals surface area contributed by atoms with E-state index in [0.717, 1.165) is 16.7 Å². The number of esters is 3. The van der Waals surface area contributed by atoms with E-state index < -0.39 is 53.1 Å². The smallest absolute Gasteiger partial charge is 0.331 e. The van der Waals surface area contributed by atoms with Crippen LogP contribution in [0.25, 0.3) is 0 Å². The molecule has 10 rings (SSSR count). The molecule has 2 fully saturated rings. The highest BCUT2D eigenvalue weighted by Gasteiger charge is 2.61. The highest BCUT2D eigenvalue weighted by atomic mass is 32.2. The van der Waals surface area contributed by atoms with Gasteiger partial charge in [0.2, 0.25) is 6.79 Å². The van der Waals surface area contributed by atoms with Crippen molar-refractivity contribution in [3.63, 3.8) is 0 Å². The topological polar surface area (TPSA) is 175 Å².